The van der Waals surface area contributed by atoms with Gasteiger partial charge in [-0.1, -0.05) is 17.7 Å². The van der Waals surface area contributed by atoms with Gasteiger partial charge in [0.25, 0.3) is 5.56 Å². The maximum absolute atomic E-state index is 14.4. The molecule has 0 amide bonds. The Bertz CT molecular complexity index is 1220. The number of nitrogens with zero attached hydrogens (tertiary/aromatic N) is 2. The molecule has 29 heavy (non-hydrogen) atoms. The van der Waals surface area contributed by atoms with E-state index in [2.05, 4.69) is 0 Å². The van der Waals surface area contributed by atoms with Crippen molar-refractivity contribution in [3.63, 3.8) is 0 Å². The van der Waals surface area contributed by atoms with Crippen LogP contribution in [0.15, 0.2) is 52.1 Å². The van der Waals surface area contributed by atoms with Crippen molar-refractivity contribution in [2.75, 3.05) is 0 Å². The van der Waals surface area contributed by atoms with Crippen LogP contribution in [0.2, 0.25) is 5.02 Å². The molecule has 0 spiro atoms. The van der Waals surface area contributed by atoms with E-state index in [1.54, 1.807) is 0 Å². The fourth-order valence-corrected chi connectivity index (χ4v) is 2.75. The normalized spacial score (nSPS) is 11.5. The molecule has 3 aromatic rings. The van der Waals surface area contributed by atoms with Crippen molar-refractivity contribution in [2.45, 2.75) is 6.18 Å². The van der Waals surface area contributed by atoms with Gasteiger partial charge in [0.15, 0.2) is 0 Å². The molecular formula is C18H11ClF4N2O4. The highest BCUT2D eigenvalue weighted by atomic mass is 35.5. The van der Waals surface area contributed by atoms with E-state index in [-0.39, 0.29) is 37.5 Å². The summed E-state index contributed by atoms with van der Waals surface area (Å²) in [6.45, 7) is 0. The molecule has 1 heterocycles. The van der Waals surface area contributed by atoms with Crippen LogP contribution in [0.1, 0.15) is 5.69 Å². The summed E-state index contributed by atoms with van der Waals surface area (Å²) < 4.78 is 59.2. The van der Waals surface area contributed by atoms with Gasteiger partial charge in [-0.15, -0.1) is 0 Å². The summed E-state index contributed by atoms with van der Waals surface area (Å²) in [7, 11) is 0.805. The van der Waals surface area contributed by atoms with Gasteiger partial charge in [0, 0.05) is 25.2 Å². The number of alkyl halides is 3. The lowest BCUT2D eigenvalue weighted by atomic mass is 10.2. The minimum absolute atomic E-state index is 0.108. The van der Waals surface area contributed by atoms with E-state index in [0.717, 1.165) is 19.2 Å². The number of phenols is 1. The Morgan fingerprint density at radius 1 is 1.10 bits per heavy atom. The van der Waals surface area contributed by atoms with Crippen molar-refractivity contribution < 1.29 is 27.4 Å². The maximum Gasteiger partial charge on any atom is 0.431 e. The number of rotatable bonds is 3. The second kappa shape index (κ2) is 7.28. The van der Waals surface area contributed by atoms with Crippen molar-refractivity contribution in [3.8, 4) is 22.9 Å². The SMILES string of the molecule is Cn1c(C(F)(F)F)cc(=O)n(-c2cc(Oc3cccc(O)c3)c(Cl)cc2F)c1=O. The molecule has 3 rings (SSSR count). The van der Waals surface area contributed by atoms with Crippen LogP contribution in [0.3, 0.4) is 0 Å². The standard InChI is InChI=1S/C18H11ClF4N2O4/c1-24-15(18(21,22)23)8-16(27)25(17(24)28)13-7-14(11(19)6-12(13)20)29-10-4-2-3-9(26)5-10/h2-8,26H,1H3. The number of aromatic hydroxyl groups is 1. The summed E-state index contributed by atoms with van der Waals surface area (Å²) in [4.78, 5) is 24.5. The molecule has 0 bridgehead atoms. The molecule has 0 aliphatic carbocycles. The average molecular weight is 431 g/mol. The van der Waals surface area contributed by atoms with E-state index >= 15 is 0 Å². The second-order valence-corrected chi connectivity index (χ2v) is 6.28. The predicted molar refractivity (Wildman–Crippen MR) is 95.4 cm³/mol. The first-order valence-corrected chi connectivity index (χ1v) is 8.23. The van der Waals surface area contributed by atoms with Crippen molar-refractivity contribution >= 4 is 11.6 Å². The van der Waals surface area contributed by atoms with Gasteiger partial charge in [-0.2, -0.15) is 13.2 Å². The van der Waals surface area contributed by atoms with Gasteiger partial charge in [-0.25, -0.2) is 13.8 Å². The van der Waals surface area contributed by atoms with Crippen LogP contribution in [0.5, 0.6) is 17.2 Å². The number of aromatic nitrogens is 2. The Kier molecular flexibility index (Phi) is 5.14. The van der Waals surface area contributed by atoms with Gasteiger partial charge in [0.05, 0.1) is 10.7 Å². The molecule has 152 valence electrons. The van der Waals surface area contributed by atoms with E-state index in [4.69, 9.17) is 16.3 Å². The van der Waals surface area contributed by atoms with Gasteiger partial charge < -0.3 is 9.84 Å². The molecule has 0 radical (unpaired) electrons. The lowest BCUT2D eigenvalue weighted by Gasteiger charge is -2.15. The van der Waals surface area contributed by atoms with Crippen LogP contribution in [-0.4, -0.2) is 14.2 Å². The van der Waals surface area contributed by atoms with E-state index < -0.39 is 34.6 Å². The zero-order valence-corrected chi connectivity index (χ0v) is 15.3. The molecule has 11 heteroatoms. The highest BCUT2D eigenvalue weighted by Crippen LogP contribution is 2.34. The van der Waals surface area contributed by atoms with Crippen molar-refractivity contribution in [3.05, 3.63) is 79.8 Å². The van der Waals surface area contributed by atoms with E-state index in [1.165, 1.54) is 24.3 Å². The lowest BCUT2D eigenvalue weighted by molar-refractivity contribution is -0.144. The van der Waals surface area contributed by atoms with E-state index in [1.807, 2.05) is 0 Å². The molecule has 0 saturated heterocycles. The minimum atomic E-state index is -4.95. The zero-order chi connectivity index (χ0) is 21.5. The van der Waals surface area contributed by atoms with Crippen LogP contribution >= 0.6 is 11.6 Å². The number of ether oxygens (including phenoxy) is 1. The van der Waals surface area contributed by atoms with Gasteiger partial charge in [-0.3, -0.25) is 9.36 Å². The molecule has 0 aliphatic rings. The molecule has 0 atom stereocenters. The number of benzene rings is 2. The summed E-state index contributed by atoms with van der Waals surface area (Å²) in [5.74, 6) is -1.34. The number of phenolic OH excluding ortho intramolecular Hbond substituents is 1. The molecule has 0 fully saturated rings. The largest absolute Gasteiger partial charge is 0.508 e. The summed E-state index contributed by atoms with van der Waals surface area (Å²) in [6.07, 6.45) is -4.95. The lowest BCUT2D eigenvalue weighted by Crippen LogP contribution is -2.41. The minimum Gasteiger partial charge on any atom is -0.508 e. The predicted octanol–water partition coefficient (Wildman–Crippen LogP) is 3.85. The van der Waals surface area contributed by atoms with Crippen LogP contribution in [0.25, 0.3) is 5.69 Å². The third-order valence-corrected chi connectivity index (χ3v) is 4.19. The van der Waals surface area contributed by atoms with Crippen LogP contribution in [-0.2, 0) is 13.2 Å². The number of hydrogen-bond donors (Lipinski definition) is 1. The molecule has 2 aromatic carbocycles. The van der Waals surface area contributed by atoms with Crippen LogP contribution in [0.4, 0.5) is 17.6 Å². The summed E-state index contributed by atoms with van der Waals surface area (Å²) >= 11 is 5.93. The molecule has 0 aliphatic heterocycles. The summed E-state index contributed by atoms with van der Waals surface area (Å²) in [5.41, 5.74) is -4.92. The number of halogens is 5. The Morgan fingerprint density at radius 3 is 2.41 bits per heavy atom. The summed E-state index contributed by atoms with van der Waals surface area (Å²) in [5, 5.41) is 9.25. The van der Waals surface area contributed by atoms with Gasteiger partial charge in [0.1, 0.15) is 28.8 Å². The molecule has 1 N–H and O–H groups in total. The first kappa shape index (κ1) is 20.5. The zero-order valence-electron chi connectivity index (χ0n) is 14.5. The quantitative estimate of drug-likeness (QED) is 0.641. The Hall–Kier alpha value is -3.27. The fraction of sp³-hybridized carbons (Fsp3) is 0.111. The smallest absolute Gasteiger partial charge is 0.431 e. The second-order valence-electron chi connectivity index (χ2n) is 5.88. The summed E-state index contributed by atoms with van der Waals surface area (Å²) in [6, 6.07) is 7.34. The molecular weight excluding hydrogens is 420 g/mol. The average Bonchev–Trinajstić information content (AvgIpc) is 2.61. The van der Waals surface area contributed by atoms with Gasteiger partial charge in [0.2, 0.25) is 0 Å². The highest BCUT2D eigenvalue weighted by Gasteiger charge is 2.35. The van der Waals surface area contributed by atoms with Crippen LogP contribution in [0, 0.1) is 5.82 Å². The highest BCUT2D eigenvalue weighted by molar-refractivity contribution is 6.32. The monoisotopic (exact) mass is 430 g/mol. The first-order chi connectivity index (χ1) is 13.5. The topological polar surface area (TPSA) is 73.5 Å². The van der Waals surface area contributed by atoms with Crippen molar-refractivity contribution in [1.29, 1.82) is 0 Å². The molecule has 0 unspecified atom stereocenters. The Labute approximate surface area is 164 Å². The molecule has 0 saturated carbocycles. The molecule has 6 nitrogen and oxygen atoms in total. The van der Waals surface area contributed by atoms with Gasteiger partial charge >= 0.3 is 11.9 Å². The van der Waals surface area contributed by atoms with Crippen molar-refractivity contribution in [1.82, 2.24) is 9.13 Å². The fourth-order valence-electron chi connectivity index (χ4n) is 2.56. The van der Waals surface area contributed by atoms with E-state index in [9.17, 15) is 32.3 Å². The Morgan fingerprint density at radius 2 is 1.79 bits per heavy atom. The number of hydrogen-bond acceptors (Lipinski definition) is 4. The molecule has 1 aromatic heterocycles. The van der Waals surface area contributed by atoms with Crippen LogP contribution < -0.4 is 16.0 Å². The van der Waals surface area contributed by atoms with E-state index in [0.29, 0.717) is 0 Å². The third-order valence-electron chi connectivity index (χ3n) is 3.90. The maximum atomic E-state index is 14.4. The third kappa shape index (κ3) is 3.97. The van der Waals surface area contributed by atoms with Crippen molar-refractivity contribution in [2.24, 2.45) is 7.05 Å². The van der Waals surface area contributed by atoms with Gasteiger partial charge in [-0.05, 0) is 18.2 Å². The Balaban J connectivity index is 2.19. The first-order valence-electron chi connectivity index (χ1n) is 7.85.